The Kier molecular flexibility index (Phi) is 5.44. The maximum absolute atomic E-state index is 13.4. The highest BCUT2D eigenvalue weighted by molar-refractivity contribution is 7.17. The van der Waals surface area contributed by atoms with E-state index in [-0.39, 0.29) is 5.91 Å². The minimum absolute atomic E-state index is 0.163. The second kappa shape index (κ2) is 7.58. The van der Waals surface area contributed by atoms with Gasteiger partial charge >= 0.3 is 0 Å². The largest absolute Gasteiger partial charge is 0.351 e. The zero-order valence-corrected chi connectivity index (χ0v) is 15.1. The number of aryl methyl sites for hydroxylation is 1. The molecule has 1 N–H and O–H groups in total. The van der Waals surface area contributed by atoms with Gasteiger partial charge in [0, 0.05) is 18.2 Å². The Labute approximate surface area is 149 Å². The Morgan fingerprint density at radius 3 is 2.88 bits per heavy atom. The fourth-order valence-corrected chi connectivity index (χ4v) is 4.12. The average molecular weight is 365 g/mol. The van der Waals surface area contributed by atoms with Crippen LogP contribution in [0.5, 0.6) is 0 Å². The van der Waals surface area contributed by atoms with Crippen LogP contribution in [0.2, 0.25) is 0 Å². The molecule has 1 amide bonds. The Balaban J connectivity index is 1.65. The van der Waals surface area contributed by atoms with Gasteiger partial charge in [-0.25, -0.2) is 13.8 Å². The molecule has 3 rings (SSSR count). The number of halogens is 2. The van der Waals surface area contributed by atoms with Crippen LogP contribution in [0.15, 0.2) is 18.2 Å². The molecule has 0 radical (unpaired) electrons. The van der Waals surface area contributed by atoms with E-state index in [4.69, 9.17) is 0 Å². The van der Waals surface area contributed by atoms with E-state index < -0.39 is 11.6 Å². The SMILES string of the molecule is Cc1nc(-c2ccc(F)c(F)c2)sc1C(=O)NCCC1CCCN1C. The number of rotatable bonds is 5. The third-order valence-corrected chi connectivity index (χ3v) is 5.81. The van der Waals surface area contributed by atoms with Crippen LogP contribution in [0.3, 0.4) is 0 Å². The zero-order valence-electron chi connectivity index (χ0n) is 14.3. The topological polar surface area (TPSA) is 45.2 Å². The lowest BCUT2D eigenvalue weighted by Crippen LogP contribution is -2.31. The van der Waals surface area contributed by atoms with Gasteiger partial charge in [0.1, 0.15) is 9.88 Å². The van der Waals surface area contributed by atoms with E-state index in [1.54, 1.807) is 6.92 Å². The predicted octanol–water partition coefficient (Wildman–Crippen LogP) is 3.61. The molecule has 134 valence electrons. The second-order valence-electron chi connectivity index (χ2n) is 6.38. The number of thiazole rings is 1. The van der Waals surface area contributed by atoms with Gasteiger partial charge in [-0.1, -0.05) is 0 Å². The Morgan fingerprint density at radius 2 is 2.20 bits per heavy atom. The number of aromatic nitrogens is 1. The molecule has 1 aromatic heterocycles. The van der Waals surface area contributed by atoms with Crippen molar-refractivity contribution >= 4 is 17.2 Å². The standard InChI is InChI=1S/C18H21F2N3OS/c1-11-16(17(24)21-8-7-13-4-3-9-23(13)2)25-18(22-11)12-5-6-14(19)15(20)10-12/h5-6,10,13H,3-4,7-9H2,1-2H3,(H,21,24). The third-order valence-electron chi connectivity index (χ3n) is 4.60. The van der Waals surface area contributed by atoms with Gasteiger partial charge in [0.15, 0.2) is 11.6 Å². The summed E-state index contributed by atoms with van der Waals surface area (Å²) in [5.74, 6) is -1.98. The maximum Gasteiger partial charge on any atom is 0.263 e. The molecule has 1 saturated heterocycles. The van der Waals surface area contributed by atoms with Crippen LogP contribution in [0.1, 0.15) is 34.6 Å². The summed E-state index contributed by atoms with van der Waals surface area (Å²) in [6, 6.07) is 4.17. The van der Waals surface area contributed by atoms with E-state index in [1.165, 1.54) is 30.2 Å². The number of hydrogen-bond acceptors (Lipinski definition) is 4. The van der Waals surface area contributed by atoms with E-state index in [0.717, 1.165) is 25.1 Å². The van der Waals surface area contributed by atoms with Crippen molar-refractivity contribution < 1.29 is 13.6 Å². The third kappa shape index (κ3) is 4.04. The summed E-state index contributed by atoms with van der Waals surface area (Å²) < 4.78 is 26.5. The van der Waals surface area contributed by atoms with E-state index in [0.29, 0.717) is 33.7 Å². The molecule has 2 heterocycles. The highest BCUT2D eigenvalue weighted by atomic mass is 32.1. The first kappa shape index (κ1) is 17.9. The molecule has 0 aliphatic carbocycles. The predicted molar refractivity (Wildman–Crippen MR) is 94.8 cm³/mol. The summed E-state index contributed by atoms with van der Waals surface area (Å²) in [6.45, 7) is 3.48. The molecule has 2 aromatic rings. The molecule has 0 spiro atoms. The van der Waals surface area contributed by atoms with Gasteiger partial charge in [-0.2, -0.15) is 0 Å². The molecule has 1 aliphatic rings. The highest BCUT2D eigenvalue weighted by Gasteiger charge is 2.21. The minimum atomic E-state index is -0.919. The minimum Gasteiger partial charge on any atom is -0.351 e. The first-order valence-corrected chi connectivity index (χ1v) is 9.18. The smallest absolute Gasteiger partial charge is 0.263 e. The van der Waals surface area contributed by atoms with E-state index in [1.807, 2.05) is 0 Å². The number of hydrogen-bond donors (Lipinski definition) is 1. The average Bonchev–Trinajstić information content (AvgIpc) is 3.16. The number of carbonyl (C=O) groups is 1. The maximum atomic E-state index is 13.4. The number of benzene rings is 1. The molecular formula is C18H21F2N3OS. The van der Waals surface area contributed by atoms with Gasteiger partial charge in [-0.05, 0) is 58.0 Å². The fourth-order valence-electron chi connectivity index (χ4n) is 3.14. The van der Waals surface area contributed by atoms with Gasteiger partial charge in [0.25, 0.3) is 5.91 Å². The lowest BCUT2D eigenvalue weighted by Gasteiger charge is -2.19. The van der Waals surface area contributed by atoms with Crippen LogP contribution in [0, 0.1) is 18.6 Å². The summed E-state index contributed by atoms with van der Waals surface area (Å²) in [5, 5.41) is 3.45. The van der Waals surface area contributed by atoms with Crippen molar-refractivity contribution in [3.63, 3.8) is 0 Å². The van der Waals surface area contributed by atoms with Crippen molar-refractivity contribution in [2.24, 2.45) is 0 Å². The normalized spacial score (nSPS) is 17.8. The van der Waals surface area contributed by atoms with Crippen LogP contribution < -0.4 is 5.32 Å². The lowest BCUT2D eigenvalue weighted by atomic mass is 10.1. The monoisotopic (exact) mass is 365 g/mol. The number of nitrogens with zero attached hydrogens (tertiary/aromatic N) is 2. The lowest BCUT2D eigenvalue weighted by molar-refractivity contribution is 0.0953. The van der Waals surface area contributed by atoms with Gasteiger partial charge in [-0.15, -0.1) is 11.3 Å². The van der Waals surface area contributed by atoms with Crippen molar-refractivity contribution in [2.45, 2.75) is 32.2 Å². The highest BCUT2D eigenvalue weighted by Crippen LogP contribution is 2.29. The molecule has 0 bridgehead atoms. The van der Waals surface area contributed by atoms with Crippen LogP contribution >= 0.6 is 11.3 Å². The van der Waals surface area contributed by atoms with Crippen molar-refractivity contribution in [3.05, 3.63) is 40.4 Å². The fraction of sp³-hybridized carbons (Fsp3) is 0.444. The van der Waals surface area contributed by atoms with E-state index in [9.17, 15) is 13.6 Å². The van der Waals surface area contributed by atoms with Gasteiger partial charge in [0.05, 0.1) is 5.69 Å². The van der Waals surface area contributed by atoms with Crippen LogP contribution in [-0.2, 0) is 0 Å². The molecule has 25 heavy (non-hydrogen) atoms. The zero-order chi connectivity index (χ0) is 18.0. The molecular weight excluding hydrogens is 344 g/mol. The van der Waals surface area contributed by atoms with Gasteiger partial charge < -0.3 is 10.2 Å². The molecule has 1 aliphatic heterocycles. The number of likely N-dealkylation sites (tertiary alicyclic amines) is 1. The van der Waals surface area contributed by atoms with Crippen molar-refractivity contribution in [1.29, 1.82) is 0 Å². The Bertz CT molecular complexity index is 778. The molecule has 0 saturated carbocycles. The first-order chi connectivity index (χ1) is 12.0. The molecule has 4 nitrogen and oxygen atoms in total. The summed E-state index contributed by atoms with van der Waals surface area (Å²) in [4.78, 5) is 19.6. The van der Waals surface area contributed by atoms with E-state index in [2.05, 4.69) is 22.2 Å². The first-order valence-electron chi connectivity index (χ1n) is 8.37. The Hall–Kier alpha value is -1.86. The summed E-state index contributed by atoms with van der Waals surface area (Å²) in [5.41, 5.74) is 1.07. The second-order valence-corrected chi connectivity index (χ2v) is 7.38. The Morgan fingerprint density at radius 1 is 1.40 bits per heavy atom. The van der Waals surface area contributed by atoms with Gasteiger partial charge in [0.2, 0.25) is 0 Å². The molecule has 1 atom stereocenters. The van der Waals surface area contributed by atoms with Crippen LogP contribution in [-0.4, -0.2) is 42.0 Å². The van der Waals surface area contributed by atoms with Crippen molar-refractivity contribution in [2.75, 3.05) is 20.1 Å². The van der Waals surface area contributed by atoms with Crippen LogP contribution in [0.4, 0.5) is 8.78 Å². The molecule has 7 heteroatoms. The van der Waals surface area contributed by atoms with Gasteiger partial charge in [-0.3, -0.25) is 4.79 Å². The molecule has 1 aromatic carbocycles. The number of nitrogens with one attached hydrogen (secondary N) is 1. The van der Waals surface area contributed by atoms with Crippen molar-refractivity contribution in [3.8, 4) is 10.6 Å². The summed E-state index contributed by atoms with van der Waals surface area (Å²) in [7, 11) is 2.11. The summed E-state index contributed by atoms with van der Waals surface area (Å²) >= 11 is 1.20. The molecule has 1 fully saturated rings. The summed E-state index contributed by atoms with van der Waals surface area (Å²) in [6.07, 6.45) is 3.31. The van der Waals surface area contributed by atoms with E-state index >= 15 is 0 Å². The number of amides is 1. The quantitative estimate of drug-likeness (QED) is 0.880. The number of carbonyl (C=O) groups excluding carboxylic acids is 1. The van der Waals surface area contributed by atoms with Crippen molar-refractivity contribution in [1.82, 2.24) is 15.2 Å². The van der Waals surface area contributed by atoms with Crippen LogP contribution in [0.25, 0.3) is 10.6 Å². The molecule has 1 unspecified atom stereocenters.